The summed E-state index contributed by atoms with van der Waals surface area (Å²) in [6.07, 6.45) is 0. The zero-order chi connectivity index (χ0) is 27.7. The summed E-state index contributed by atoms with van der Waals surface area (Å²) in [6.45, 7) is 1.68. The van der Waals surface area contributed by atoms with E-state index in [0.29, 0.717) is 16.5 Å². The summed E-state index contributed by atoms with van der Waals surface area (Å²) in [5.74, 6) is -0.822. The molecule has 0 heterocycles. The number of halogens is 1. The van der Waals surface area contributed by atoms with Crippen LogP contribution in [0, 0.1) is 20.2 Å². The predicted molar refractivity (Wildman–Crippen MR) is 145 cm³/mol. The van der Waals surface area contributed by atoms with Crippen LogP contribution in [0.15, 0.2) is 77.9 Å². The van der Waals surface area contributed by atoms with Gasteiger partial charge in [-0.2, -0.15) is 16.9 Å². The molecule has 3 aromatic carbocycles. The third-order valence-electron chi connectivity index (χ3n) is 5.20. The first kappa shape index (κ1) is 28.3. The van der Waals surface area contributed by atoms with E-state index in [-0.39, 0.29) is 11.3 Å². The highest BCUT2D eigenvalue weighted by Crippen LogP contribution is 2.23. The van der Waals surface area contributed by atoms with E-state index >= 15 is 0 Å². The van der Waals surface area contributed by atoms with Crippen molar-refractivity contribution in [1.82, 2.24) is 10.7 Å². The second-order valence-corrected chi connectivity index (χ2v) is 9.43. The molecule has 0 aliphatic carbocycles. The van der Waals surface area contributed by atoms with Crippen LogP contribution in [0.4, 0.5) is 11.4 Å². The van der Waals surface area contributed by atoms with Crippen LogP contribution in [0.5, 0.6) is 0 Å². The number of rotatable bonds is 11. The van der Waals surface area contributed by atoms with Gasteiger partial charge in [-0.05, 0) is 30.2 Å². The van der Waals surface area contributed by atoms with Gasteiger partial charge in [0.25, 0.3) is 23.2 Å². The van der Waals surface area contributed by atoms with E-state index in [1.807, 2.05) is 30.3 Å². The number of nitrogens with zero attached hydrogens (tertiary/aromatic N) is 3. The molecule has 2 N–H and O–H groups in total. The Kier molecular flexibility index (Phi) is 9.91. The number of hydrazone groups is 1. The number of benzene rings is 3. The third kappa shape index (κ3) is 8.11. The normalized spacial score (nSPS) is 11.9. The average Bonchev–Trinajstić information content (AvgIpc) is 2.91. The number of carbonyl (C=O) groups is 2. The lowest BCUT2D eigenvalue weighted by Crippen LogP contribution is -2.47. The van der Waals surface area contributed by atoms with Crippen LogP contribution in [0.25, 0.3) is 0 Å². The SMILES string of the molecule is C/C(=N\NC(=O)C(CSCc1ccccc1)NC(=O)c1cc([N+](=O)[O-])cc([N+](=O)[O-])c1)c1ccc(Cl)cc1. The Balaban J connectivity index is 1.79. The lowest BCUT2D eigenvalue weighted by Gasteiger charge is -2.17. The fourth-order valence-corrected chi connectivity index (χ4v) is 4.35. The fourth-order valence-electron chi connectivity index (χ4n) is 3.20. The number of carbonyl (C=O) groups excluding carboxylic acids is 2. The summed E-state index contributed by atoms with van der Waals surface area (Å²) in [5, 5.41) is 29.6. The molecule has 0 aromatic heterocycles. The van der Waals surface area contributed by atoms with Crippen LogP contribution < -0.4 is 10.7 Å². The Labute approximate surface area is 226 Å². The summed E-state index contributed by atoms with van der Waals surface area (Å²) < 4.78 is 0. The van der Waals surface area contributed by atoms with Gasteiger partial charge < -0.3 is 5.32 Å². The highest BCUT2D eigenvalue weighted by atomic mass is 35.5. The number of nitrogens with one attached hydrogen (secondary N) is 2. The zero-order valence-electron chi connectivity index (χ0n) is 20.0. The molecular formula is C25H22ClN5O6S. The van der Waals surface area contributed by atoms with E-state index in [2.05, 4.69) is 15.8 Å². The summed E-state index contributed by atoms with van der Waals surface area (Å²) in [7, 11) is 0. The first-order valence-corrected chi connectivity index (χ1v) is 12.6. The Morgan fingerprint density at radius 2 is 1.55 bits per heavy atom. The maximum Gasteiger partial charge on any atom is 0.277 e. The fraction of sp³-hybridized carbons (Fsp3) is 0.160. The van der Waals surface area contributed by atoms with Gasteiger partial charge in [0.1, 0.15) is 6.04 Å². The van der Waals surface area contributed by atoms with Crippen molar-refractivity contribution in [2.24, 2.45) is 5.10 Å². The molecule has 13 heteroatoms. The van der Waals surface area contributed by atoms with Crippen molar-refractivity contribution in [1.29, 1.82) is 0 Å². The smallest absolute Gasteiger partial charge is 0.277 e. The van der Waals surface area contributed by atoms with Crippen LogP contribution in [-0.2, 0) is 10.5 Å². The molecule has 0 aliphatic rings. The summed E-state index contributed by atoms with van der Waals surface area (Å²) in [5.41, 5.74) is 3.09. The maximum absolute atomic E-state index is 13.0. The van der Waals surface area contributed by atoms with Crippen molar-refractivity contribution in [2.45, 2.75) is 18.7 Å². The molecule has 0 fully saturated rings. The summed E-state index contributed by atoms with van der Waals surface area (Å²) >= 11 is 7.28. The molecule has 2 amide bonds. The van der Waals surface area contributed by atoms with Gasteiger partial charge in [0, 0.05) is 28.7 Å². The number of amides is 2. The minimum absolute atomic E-state index is 0.138. The van der Waals surface area contributed by atoms with Gasteiger partial charge in [-0.3, -0.25) is 29.8 Å². The number of thioether (sulfide) groups is 1. The van der Waals surface area contributed by atoms with Crippen LogP contribution >= 0.6 is 23.4 Å². The highest BCUT2D eigenvalue weighted by Gasteiger charge is 2.25. The maximum atomic E-state index is 13.0. The molecule has 1 atom stereocenters. The van der Waals surface area contributed by atoms with Crippen LogP contribution in [-0.4, -0.2) is 39.2 Å². The monoisotopic (exact) mass is 555 g/mol. The highest BCUT2D eigenvalue weighted by molar-refractivity contribution is 7.98. The lowest BCUT2D eigenvalue weighted by molar-refractivity contribution is -0.394. The second-order valence-electron chi connectivity index (χ2n) is 7.96. The number of non-ortho nitro benzene ring substituents is 2. The van der Waals surface area contributed by atoms with Gasteiger partial charge >= 0.3 is 0 Å². The van der Waals surface area contributed by atoms with E-state index in [1.54, 1.807) is 31.2 Å². The molecular weight excluding hydrogens is 534 g/mol. The van der Waals surface area contributed by atoms with E-state index in [9.17, 15) is 29.8 Å². The van der Waals surface area contributed by atoms with E-state index in [0.717, 1.165) is 29.3 Å². The largest absolute Gasteiger partial charge is 0.339 e. The van der Waals surface area contributed by atoms with Gasteiger partial charge in [-0.15, -0.1) is 0 Å². The first-order valence-electron chi connectivity index (χ1n) is 11.1. The minimum atomic E-state index is -1.10. The van der Waals surface area contributed by atoms with Crippen molar-refractivity contribution in [3.05, 3.63) is 115 Å². The molecule has 3 aromatic rings. The Bertz CT molecular complexity index is 1340. The topological polar surface area (TPSA) is 157 Å². The molecule has 0 spiro atoms. The van der Waals surface area contributed by atoms with Gasteiger partial charge in [-0.1, -0.05) is 54.1 Å². The van der Waals surface area contributed by atoms with E-state index in [4.69, 9.17) is 11.6 Å². The van der Waals surface area contributed by atoms with Crippen molar-refractivity contribution in [2.75, 3.05) is 5.75 Å². The minimum Gasteiger partial charge on any atom is -0.339 e. The van der Waals surface area contributed by atoms with Gasteiger partial charge in [0.15, 0.2) is 0 Å². The van der Waals surface area contributed by atoms with Crippen molar-refractivity contribution in [3.63, 3.8) is 0 Å². The van der Waals surface area contributed by atoms with Crippen LogP contribution in [0.2, 0.25) is 5.02 Å². The number of nitro groups is 2. The lowest BCUT2D eigenvalue weighted by atomic mass is 10.1. The molecule has 11 nitrogen and oxygen atoms in total. The zero-order valence-corrected chi connectivity index (χ0v) is 21.6. The number of hydrogen-bond acceptors (Lipinski definition) is 8. The van der Waals surface area contributed by atoms with Gasteiger partial charge in [0.05, 0.1) is 27.2 Å². The Morgan fingerprint density at radius 3 is 2.13 bits per heavy atom. The molecule has 0 aliphatic heterocycles. The second kappa shape index (κ2) is 13.3. The summed E-state index contributed by atoms with van der Waals surface area (Å²) in [4.78, 5) is 46.7. The van der Waals surface area contributed by atoms with Crippen LogP contribution in [0.1, 0.15) is 28.4 Å². The van der Waals surface area contributed by atoms with Gasteiger partial charge in [-0.25, -0.2) is 5.43 Å². The molecule has 0 bridgehead atoms. The molecule has 38 heavy (non-hydrogen) atoms. The molecule has 3 rings (SSSR count). The molecule has 1 unspecified atom stereocenters. The predicted octanol–water partition coefficient (Wildman–Crippen LogP) is 4.73. The molecule has 0 saturated carbocycles. The Hall–Kier alpha value is -4.29. The van der Waals surface area contributed by atoms with Crippen molar-refractivity contribution in [3.8, 4) is 0 Å². The third-order valence-corrected chi connectivity index (χ3v) is 6.56. The van der Waals surface area contributed by atoms with Gasteiger partial charge in [0.2, 0.25) is 0 Å². The summed E-state index contributed by atoms with van der Waals surface area (Å²) in [6, 6.07) is 17.8. The molecule has 0 saturated heterocycles. The Morgan fingerprint density at radius 1 is 0.947 bits per heavy atom. The molecule has 196 valence electrons. The quantitative estimate of drug-likeness (QED) is 0.197. The standard InChI is InChI=1S/C25H22ClN5O6S/c1-16(18-7-9-20(26)10-8-18)28-29-25(33)23(15-38-14-17-5-3-2-4-6-17)27-24(32)19-11-21(30(34)35)13-22(12-19)31(36)37/h2-13,23H,14-15H2,1H3,(H,27,32)(H,29,33)/b28-16+. The van der Waals surface area contributed by atoms with Crippen molar-refractivity contribution >= 4 is 52.3 Å². The van der Waals surface area contributed by atoms with Crippen molar-refractivity contribution < 1.29 is 19.4 Å². The number of nitro benzene ring substituents is 2. The first-order chi connectivity index (χ1) is 18.1. The van der Waals surface area contributed by atoms with Crippen LogP contribution in [0.3, 0.4) is 0 Å². The van der Waals surface area contributed by atoms with E-state index < -0.39 is 39.1 Å². The van der Waals surface area contributed by atoms with E-state index in [1.165, 1.54) is 11.8 Å². The number of hydrogen-bond donors (Lipinski definition) is 2. The molecule has 0 radical (unpaired) electrons. The average molecular weight is 556 g/mol.